The maximum Gasteiger partial charge on any atom is 0.260 e. The fraction of sp³-hybridized carbons (Fsp3) is 0.533. The van der Waals surface area contributed by atoms with Gasteiger partial charge in [0.05, 0.1) is 4.47 Å². The van der Waals surface area contributed by atoms with Gasteiger partial charge in [-0.2, -0.15) is 0 Å². The quantitative estimate of drug-likeness (QED) is 0.885. The summed E-state index contributed by atoms with van der Waals surface area (Å²) in [6.07, 6.45) is 3.00. The van der Waals surface area contributed by atoms with Gasteiger partial charge in [-0.3, -0.25) is 4.79 Å². The van der Waals surface area contributed by atoms with Gasteiger partial charge < -0.3 is 10.1 Å². The van der Waals surface area contributed by atoms with Crippen molar-refractivity contribution in [2.24, 2.45) is 5.92 Å². The van der Waals surface area contributed by atoms with Crippen LogP contribution >= 0.6 is 15.9 Å². The van der Waals surface area contributed by atoms with Gasteiger partial charge in [-0.15, -0.1) is 0 Å². The van der Waals surface area contributed by atoms with E-state index in [1.54, 1.807) is 6.92 Å². The number of carbonyl (C=O) groups is 1. The van der Waals surface area contributed by atoms with Crippen molar-refractivity contribution in [2.45, 2.75) is 45.3 Å². The predicted molar refractivity (Wildman–Crippen MR) is 79.1 cm³/mol. The Kier molecular flexibility index (Phi) is 5.02. The second kappa shape index (κ2) is 6.57. The van der Waals surface area contributed by atoms with Gasteiger partial charge in [0.15, 0.2) is 6.10 Å². The molecule has 0 bridgehead atoms. The van der Waals surface area contributed by atoms with E-state index < -0.39 is 6.10 Å². The molecule has 0 aromatic heterocycles. The molecule has 1 N–H and O–H groups in total. The number of carbonyl (C=O) groups excluding carboxylic acids is 1. The van der Waals surface area contributed by atoms with Gasteiger partial charge >= 0.3 is 0 Å². The Balaban J connectivity index is 1.89. The van der Waals surface area contributed by atoms with E-state index in [0.29, 0.717) is 16.1 Å². The lowest BCUT2D eigenvalue weighted by Crippen LogP contribution is -2.45. The van der Waals surface area contributed by atoms with Gasteiger partial charge in [0, 0.05) is 6.04 Å². The fourth-order valence-electron chi connectivity index (χ4n) is 2.21. The minimum Gasteiger partial charge on any atom is -0.480 e. The van der Waals surface area contributed by atoms with Crippen LogP contribution in [0.25, 0.3) is 0 Å². The molecule has 1 aliphatic carbocycles. The molecule has 0 spiro atoms. The van der Waals surface area contributed by atoms with E-state index in [2.05, 4.69) is 21.2 Å². The number of amides is 1. The molecule has 20 heavy (non-hydrogen) atoms. The molecule has 110 valence electrons. The summed E-state index contributed by atoms with van der Waals surface area (Å²) in [4.78, 5) is 12.1. The van der Waals surface area contributed by atoms with Gasteiger partial charge in [0.25, 0.3) is 5.91 Å². The van der Waals surface area contributed by atoms with Crippen LogP contribution in [0.5, 0.6) is 5.75 Å². The molecular formula is C15H19BrFNO2. The summed E-state index contributed by atoms with van der Waals surface area (Å²) in [5.41, 5.74) is 0. The molecule has 2 atom stereocenters. The van der Waals surface area contributed by atoms with E-state index in [1.165, 1.54) is 37.5 Å². The first-order valence-electron chi connectivity index (χ1n) is 6.89. The van der Waals surface area contributed by atoms with Crippen LogP contribution in [-0.2, 0) is 4.79 Å². The zero-order valence-corrected chi connectivity index (χ0v) is 13.2. The average molecular weight is 344 g/mol. The lowest BCUT2D eigenvalue weighted by molar-refractivity contribution is -0.128. The molecule has 0 aliphatic heterocycles. The number of hydrogen-bond donors (Lipinski definition) is 1. The highest BCUT2D eigenvalue weighted by Gasteiger charge is 2.27. The highest BCUT2D eigenvalue weighted by atomic mass is 79.9. The predicted octanol–water partition coefficient (Wildman–Crippen LogP) is 3.66. The van der Waals surface area contributed by atoms with Gasteiger partial charge in [0.1, 0.15) is 11.6 Å². The van der Waals surface area contributed by atoms with Crippen LogP contribution in [0.4, 0.5) is 4.39 Å². The number of rotatable bonds is 5. The maximum absolute atomic E-state index is 13.0. The van der Waals surface area contributed by atoms with E-state index in [9.17, 15) is 9.18 Å². The second-order valence-corrected chi connectivity index (χ2v) is 6.18. The Morgan fingerprint density at radius 2 is 2.15 bits per heavy atom. The smallest absolute Gasteiger partial charge is 0.260 e. The third-order valence-corrected chi connectivity index (χ3v) is 4.41. The largest absolute Gasteiger partial charge is 0.480 e. The molecular weight excluding hydrogens is 325 g/mol. The molecule has 1 aromatic rings. The van der Waals surface area contributed by atoms with Crippen molar-refractivity contribution in [1.29, 1.82) is 0 Å². The Bertz CT molecular complexity index is 491. The summed E-state index contributed by atoms with van der Waals surface area (Å²) >= 11 is 3.22. The number of nitrogens with one attached hydrogen (secondary N) is 1. The van der Waals surface area contributed by atoms with Crippen LogP contribution in [0.2, 0.25) is 0 Å². The highest BCUT2D eigenvalue weighted by molar-refractivity contribution is 9.10. The third kappa shape index (κ3) is 3.72. The van der Waals surface area contributed by atoms with Crippen molar-refractivity contribution in [1.82, 2.24) is 5.32 Å². The Hall–Kier alpha value is -1.10. The zero-order chi connectivity index (χ0) is 14.7. The third-order valence-electron chi connectivity index (χ3n) is 3.79. The van der Waals surface area contributed by atoms with Crippen molar-refractivity contribution in [3.63, 3.8) is 0 Å². The van der Waals surface area contributed by atoms with Crippen LogP contribution in [0.15, 0.2) is 22.7 Å². The highest BCUT2D eigenvalue weighted by Crippen LogP contribution is 2.29. The monoisotopic (exact) mass is 343 g/mol. The molecule has 1 fully saturated rings. The van der Waals surface area contributed by atoms with Crippen LogP contribution in [0, 0.1) is 11.7 Å². The molecule has 3 nitrogen and oxygen atoms in total. The average Bonchev–Trinajstić information content (AvgIpc) is 2.30. The van der Waals surface area contributed by atoms with E-state index >= 15 is 0 Å². The fourth-order valence-corrected chi connectivity index (χ4v) is 2.66. The summed E-state index contributed by atoms with van der Waals surface area (Å²) in [5.74, 6) is 0.564. The minimum absolute atomic E-state index is 0.138. The van der Waals surface area contributed by atoms with E-state index in [4.69, 9.17) is 4.74 Å². The number of halogens is 2. The first-order chi connectivity index (χ1) is 9.47. The summed E-state index contributed by atoms with van der Waals surface area (Å²) in [5, 5.41) is 2.98. The van der Waals surface area contributed by atoms with Gasteiger partial charge in [-0.1, -0.05) is 6.42 Å². The molecule has 2 rings (SSSR count). The molecule has 0 heterocycles. The molecule has 1 saturated carbocycles. The van der Waals surface area contributed by atoms with Gasteiger partial charge in [-0.25, -0.2) is 4.39 Å². The SMILES string of the molecule is C[C@H](Oc1ccc(F)cc1Br)C(=O)N[C@@H](C)C1CCC1. The maximum atomic E-state index is 13.0. The zero-order valence-electron chi connectivity index (χ0n) is 11.7. The Labute approximate surface area is 127 Å². The normalized spacial score (nSPS) is 18.0. The molecule has 0 saturated heterocycles. The van der Waals surface area contributed by atoms with E-state index in [1.807, 2.05) is 6.92 Å². The Morgan fingerprint density at radius 1 is 1.45 bits per heavy atom. The lowest BCUT2D eigenvalue weighted by atomic mass is 9.80. The topological polar surface area (TPSA) is 38.3 Å². The molecule has 1 aromatic carbocycles. The van der Waals surface area contributed by atoms with Gasteiger partial charge in [-0.05, 0) is 66.7 Å². The van der Waals surface area contributed by atoms with Crippen molar-refractivity contribution in [3.8, 4) is 5.75 Å². The molecule has 5 heteroatoms. The molecule has 0 unspecified atom stereocenters. The summed E-state index contributed by atoms with van der Waals surface area (Å²) in [6, 6.07) is 4.32. The summed E-state index contributed by atoms with van der Waals surface area (Å²) in [6.45, 7) is 3.72. The van der Waals surface area contributed by atoms with E-state index in [0.717, 1.165) is 0 Å². The first kappa shape index (κ1) is 15.3. The van der Waals surface area contributed by atoms with Crippen molar-refractivity contribution < 1.29 is 13.9 Å². The van der Waals surface area contributed by atoms with Crippen molar-refractivity contribution in [2.75, 3.05) is 0 Å². The van der Waals surface area contributed by atoms with Crippen molar-refractivity contribution in [3.05, 3.63) is 28.5 Å². The first-order valence-corrected chi connectivity index (χ1v) is 7.68. The van der Waals surface area contributed by atoms with Crippen LogP contribution in [0.3, 0.4) is 0 Å². The number of ether oxygens (including phenoxy) is 1. The van der Waals surface area contributed by atoms with Crippen LogP contribution in [0.1, 0.15) is 33.1 Å². The lowest BCUT2D eigenvalue weighted by Gasteiger charge is -2.32. The van der Waals surface area contributed by atoms with E-state index in [-0.39, 0.29) is 17.8 Å². The second-order valence-electron chi connectivity index (χ2n) is 5.32. The number of benzene rings is 1. The van der Waals surface area contributed by atoms with Crippen LogP contribution < -0.4 is 10.1 Å². The number of hydrogen-bond acceptors (Lipinski definition) is 2. The molecule has 0 radical (unpaired) electrons. The van der Waals surface area contributed by atoms with Crippen molar-refractivity contribution >= 4 is 21.8 Å². The van der Waals surface area contributed by atoms with Crippen LogP contribution in [-0.4, -0.2) is 18.1 Å². The summed E-state index contributed by atoms with van der Waals surface area (Å²) < 4.78 is 19.1. The molecule has 1 amide bonds. The Morgan fingerprint density at radius 3 is 2.70 bits per heavy atom. The molecule has 1 aliphatic rings. The standard InChI is InChI=1S/C15H19BrFNO2/c1-9(11-4-3-5-11)18-15(19)10(2)20-14-7-6-12(17)8-13(14)16/h6-11H,3-5H2,1-2H3,(H,18,19)/t9-,10-/m0/s1. The van der Waals surface area contributed by atoms with Gasteiger partial charge in [0.2, 0.25) is 0 Å². The minimum atomic E-state index is -0.612. The summed E-state index contributed by atoms with van der Waals surface area (Å²) in [7, 11) is 0.